The highest BCUT2D eigenvalue weighted by atomic mass is 16.2. The Hall–Kier alpha value is -6.81. The van der Waals surface area contributed by atoms with Crippen LogP contribution in [0.5, 0.6) is 0 Å². The number of hydrogen-bond acceptors (Lipinski definition) is 11. The van der Waals surface area contributed by atoms with E-state index in [4.69, 9.17) is 19.9 Å². The van der Waals surface area contributed by atoms with Crippen LogP contribution in [0.2, 0.25) is 0 Å². The van der Waals surface area contributed by atoms with Crippen LogP contribution in [0, 0.1) is 25.2 Å². The van der Waals surface area contributed by atoms with Crippen LogP contribution in [0.4, 0.5) is 23.0 Å². The molecule has 13 nitrogen and oxygen atoms in total. The fourth-order valence-electron chi connectivity index (χ4n) is 12.2. The molecule has 0 spiro atoms. The van der Waals surface area contributed by atoms with Crippen molar-refractivity contribution < 1.29 is 9.59 Å². The third-order valence-corrected chi connectivity index (χ3v) is 15.9. The van der Waals surface area contributed by atoms with Crippen LogP contribution in [-0.4, -0.2) is 106 Å². The van der Waals surface area contributed by atoms with E-state index in [1.165, 1.54) is 60.7 Å². The molecule has 2 aromatic heterocycles. The van der Waals surface area contributed by atoms with Crippen molar-refractivity contribution in [3.05, 3.63) is 118 Å². The van der Waals surface area contributed by atoms with E-state index in [1.54, 1.807) is 0 Å². The van der Waals surface area contributed by atoms with Crippen molar-refractivity contribution in [3.8, 4) is 6.07 Å². The van der Waals surface area contributed by atoms with Gasteiger partial charge in [-0.05, 0) is 85.5 Å². The van der Waals surface area contributed by atoms with Crippen molar-refractivity contribution in [3.63, 3.8) is 0 Å². The summed E-state index contributed by atoms with van der Waals surface area (Å²) in [6, 6.07) is 26.8. The lowest BCUT2D eigenvalue weighted by molar-refractivity contribution is -0.136. The second-order valence-corrected chi connectivity index (χ2v) is 20.8. The van der Waals surface area contributed by atoms with Gasteiger partial charge in [-0.2, -0.15) is 5.26 Å². The summed E-state index contributed by atoms with van der Waals surface area (Å²) >= 11 is 0. The van der Waals surface area contributed by atoms with Crippen LogP contribution in [0.25, 0.3) is 21.5 Å². The maximum atomic E-state index is 13.1. The number of hydrogen-bond donors (Lipinski definition) is 0. The van der Waals surface area contributed by atoms with E-state index >= 15 is 0 Å². The van der Waals surface area contributed by atoms with E-state index in [0.29, 0.717) is 65.0 Å². The smallest absolute Gasteiger partial charge is 0.222 e. The minimum Gasteiger partial charge on any atom is -0.365 e. The molecule has 0 N–H and O–H groups in total. The lowest BCUT2D eigenvalue weighted by Crippen LogP contribution is -2.60. The fraction of sp³-hybridized carbons (Fsp3) is 0.475. The Morgan fingerprint density at radius 3 is 1.93 bits per heavy atom. The van der Waals surface area contributed by atoms with Gasteiger partial charge in [0.1, 0.15) is 23.3 Å². The van der Waals surface area contributed by atoms with E-state index < -0.39 is 0 Å². The molecule has 2 amide bonds. The fourth-order valence-corrected chi connectivity index (χ4v) is 12.2. The van der Waals surface area contributed by atoms with E-state index in [1.807, 2.05) is 23.6 Å². The summed E-state index contributed by atoms with van der Waals surface area (Å²) in [4.78, 5) is 61.1. The zero-order chi connectivity index (χ0) is 50.2. The molecule has 0 aliphatic carbocycles. The molecule has 6 heterocycles. The Labute approximate surface area is 425 Å². The molecular formula is C59H71N11O2. The first-order valence-electron chi connectivity index (χ1n) is 26.7. The summed E-state index contributed by atoms with van der Waals surface area (Å²) in [6.45, 7) is 22.1. The quantitative estimate of drug-likeness (QED) is 0.116. The van der Waals surface area contributed by atoms with Gasteiger partial charge >= 0.3 is 0 Å². The number of aryl methyl sites for hydroxylation is 3. The van der Waals surface area contributed by atoms with Gasteiger partial charge in [0.15, 0.2) is 0 Å². The number of anilines is 4. The summed E-state index contributed by atoms with van der Waals surface area (Å²) in [6.07, 6.45) is 5.29. The van der Waals surface area contributed by atoms with E-state index in [2.05, 4.69) is 127 Å². The maximum Gasteiger partial charge on any atom is 0.222 e. The highest BCUT2D eigenvalue weighted by molar-refractivity contribution is 5.98. The molecule has 0 bridgehead atoms. The molecule has 2 saturated heterocycles. The van der Waals surface area contributed by atoms with Crippen LogP contribution in [0.15, 0.2) is 66.7 Å². The second-order valence-electron chi connectivity index (χ2n) is 20.8. The molecule has 2 fully saturated rings. The van der Waals surface area contributed by atoms with Crippen molar-refractivity contribution in [2.75, 3.05) is 72.0 Å². The zero-order valence-corrected chi connectivity index (χ0v) is 43.5. The minimum absolute atomic E-state index is 0.0375. The van der Waals surface area contributed by atoms with Gasteiger partial charge in [0.05, 0.1) is 43.0 Å². The maximum absolute atomic E-state index is 13.1. The third kappa shape index (κ3) is 9.41. The monoisotopic (exact) mass is 966 g/mol. The van der Waals surface area contributed by atoms with Gasteiger partial charge in [-0.25, -0.2) is 19.9 Å². The summed E-state index contributed by atoms with van der Waals surface area (Å²) < 4.78 is 0. The SMILES string of the molecule is CCCc1nc2c(c(N3CC(C)N(C(=O)CC)C(CC#N)C3)n1)CCN(c1cc(C(C)Cc3nc4c(c(N5CCN(C(=O)CC)CC5)n3)CCN(c3cccc5cccc(C)c35)C4)cc3cccc(C)c13)C2. The number of piperazine rings is 2. The van der Waals surface area contributed by atoms with Crippen LogP contribution in [-0.2, 0) is 48.4 Å². The van der Waals surface area contributed by atoms with Gasteiger partial charge in [0.2, 0.25) is 11.8 Å². The Bertz CT molecular complexity index is 3060. The number of carbonyl (C=O) groups excluding carboxylic acids is 2. The number of nitrogens with zero attached hydrogens (tertiary/aromatic N) is 11. The standard InChI is InChI=1S/C59H71N11O2/c1-8-14-52-61-48-37-68(26-23-47(48)59(63-52)69-34-41(7)70(55(72)10-3)45(35-69)21-24-60)51-33-44(32-43-19-12-16-39(5)57(43)51)40(6)31-53-62-49-36-67(50-20-13-18-42-17-11-15-38(4)56(42)50)25-22-46(49)58(64-53)66-29-27-65(28-30-66)54(71)9-2/h11-13,15-20,32-33,40-41,45H,8-10,14,21-23,25-31,34-37H2,1-7H3. The molecule has 13 heteroatoms. The van der Waals surface area contributed by atoms with Gasteiger partial charge in [-0.15, -0.1) is 0 Å². The molecule has 3 atom stereocenters. The number of amides is 2. The largest absolute Gasteiger partial charge is 0.365 e. The topological polar surface area (TPSA) is 129 Å². The number of benzene rings is 4. The Morgan fingerprint density at radius 2 is 1.28 bits per heavy atom. The highest BCUT2D eigenvalue weighted by Crippen LogP contribution is 2.40. The molecule has 0 radical (unpaired) electrons. The lowest BCUT2D eigenvalue weighted by atomic mass is 9.91. The van der Waals surface area contributed by atoms with Crippen LogP contribution < -0.4 is 19.6 Å². The number of fused-ring (bicyclic) bond motifs is 4. The van der Waals surface area contributed by atoms with Crippen LogP contribution in [0.1, 0.15) is 117 Å². The van der Waals surface area contributed by atoms with Crippen molar-refractivity contribution in [1.29, 1.82) is 5.26 Å². The third-order valence-electron chi connectivity index (χ3n) is 15.9. The van der Waals surface area contributed by atoms with Gasteiger partial charge in [-0.3, -0.25) is 9.59 Å². The minimum atomic E-state index is -0.189. The molecular weight excluding hydrogens is 895 g/mol. The molecule has 4 aliphatic rings. The number of nitriles is 1. The van der Waals surface area contributed by atoms with Crippen molar-refractivity contribution >= 4 is 56.4 Å². The van der Waals surface area contributed by atoms with E-state index in [9.17, 15) is 14.9 Å². The van der Waals surface area contributed by atoms with E-state index in [0.717, 1.165) is 86.5 Å². The van der Waals surface area contributed by atoms with Gasteiger partial charge in [-0.1, -0.05) is 82.3 Å². The zero-order valence-electron chi connectivity index (χ0n) is 43.5. The second kappa shape index (κ2) is 20.7. The molecule has 10 rings (SSSR count). The first-order chi connectivity index (χ1) is 35.0. The molecule has 4 aliphatic heterocycles. The molecule has 4 aromatic carbocycles. The Kier molecular flexibility index (Phi) is 14.1. The summed E-state index contributed by atoms with van der Waals surface area (Å²) in [5, 5.41) is 14.9. The van der Waals surface area contributed by atoms with Crippen molar-refractivity contribution in [1.82, 2.24) is 29.7 Å². The average molecular weight is 966 g/mol. The van der Waals surface area contributed by atoms with Crippen LogP contribution >= 0.6 is 0 Å². The number of carbonyl (C=O) groups is 2. The first-order valence-corrected chi connectivity index (χ1v) is 26.7. The van der Waals surface area contributed by atoms with Gasteiger partial charge in [0.25, 0.3) is 0 Å². The molecule has 374 valence electrons. The predicted molar refractivity (Wildman–Crippen MR) is 289 cm³/mol. The van der Waals surface area contributed by atoms with Crippen molar-refractivity contribution in [2.45, 2.75) is 131 Å². The van der Waals surface area contributed by atoms with E-state index in [-0.39, 0.29) is 29.8 Å². The lowest BCUT2D eigenvalue weighted by Gasteiger charge is -2.46. The predicted octanol–water partition coefficient (Wildman–Crippen LogP) is 9.40. The Morgan fingerprint density at radius 1 is 0.681 bits per heavy atom. The summed E-state index contributed by atoms with van der Waals surface area (Å²) in [5.74, 6) is 4.15. The first kappa shape index (κ1) is 48.8. The van der Waals surface area contributed by atoms with Crippen molar-refractivity contribution in [2.24, 2.45) is 0 Å². The van der Waals surface area contributed by atoms with Gasteiger partial charge in [0, 0.05) is 117 Å². The summed E-state index contributed by atoms with van der Waals surface area (Å²) in [7, 11) is 0. The molecule has 3 unspecified atom stereocenters. The van der Waals surface area contributed by atoms with Crippen LogP contribution in [0.3, 0.4) is 0 Å². The summed E-state index contributed by atoms with van der Waals surface area (Å²) in [5.41, 5.74) is 10.8. The number of rotatable bonds is 12. The molecule has 6 aromatic rings. The Balaban J connectivity index is 0.977. The number of aromatic nitrogens is 4. The molecule has 0 saturated carbocycles. The highest BCUT2D eigenvalue weighted by Gasteiger charge is 2.37. The average Bonchev–Trinajstić information content (AvgIpc) is 3.39. The molecule has 72 heavy (non-hydrogen) atoms. The normalized spacial score (nSPS) is 18.6. The van der Waals surface area contributed by atoms with Gasteiger partial charge < -0.3 is 29.4 Å².